The fourth-order valence-electron chi connectivity index (χ4n) is 2.97. The summed E-state index contributed by atoms with van der Waals surface area (Å²) < 4.78 is 10.4. The maximum atomic E-state index is 13.1. The normalized spacial score (nSPS) is 11.5. The molecule has 1 atom stereocenters. The van der Waals surface area contributed by atoms with Gasteiger partial charge in [0, 0.05) is 18.8 Å². The molecule has 0 aliphatic heterocycles. The Morgan fingerprint density at radius 3 is 2.03 bits per heavy atom. The highest BCUT2D eigenvalue weighted by Crippen LogP contribution is 2.19. The van der Waals surface area contributed by atoms with E-state index in [9.17, 15) is 9.59 Å². The van der Waals surface area contributed by atoms with Crippen LogP contribution in [0.1, 0.15) is 31.4 Å². The molecule has 0 unspecified atom stereocenters. The van der Waals surface area contributed by atoms with Crippen LogP contribution in [0.2, 0.25) is 0 Å². The highest BCUT2D eigenvalue weighted by Gasteiger charge is 2.25. The molecule has 0 aromatic heterocycles. The van der Waals surface area contributed by atoms with Crippen LogP contribution in [-0.4, -0.2) is 49.3 Å². The predicted octanol–water partition coefficient (Wildman–Crippen LogP) is 3.88. The second-order valence-corrected chi connectivity index (χ2v) is 8.16. The average Bonchev–Trinajstić information content (AvgIpc) is 2.81. The van der Waals surface area contributed by atoms with Gasteiger partial charge in [-0.2, -0.15) is 0 Å². The topological polar surface area (TPSA) is 67.9 Å². The smallest absolute Gasteiger partial charge is 0.242 e. The van der Waals surface area contributed by atoms with Crippen molar-refractivity contribution in [3.63, 3.8) is 0 Å². The van der Waals surface area contributed by atoms with Gasteiger partial charge in [-0.15, -0.1) is 11.8 Å². The van der Waals surface area contributed by atoms with Crippen molar-refractivity contribution in [1.82, 2.24) is 10.2 Å². The minimum atomic E-state index is -0.553. The molecule has 0 spiro atoms. The molecule has 0 saturated heterocycles. The first-order valence-corrected chi connectivity index (χ1v) is 11.5. The molecule has 31 heavy (non-hydrogen) atoms. The number of amides is 2. The number of hydrogen-bond acceptors (Lipinski definition) is 5. The predicted molar refractivity (Wildman–Crippen MR) is 125 cm³/mol. The Bertz CT molecular complexity index is 824. The van der Waals surface area contributed by atoms with Gasteiger partial charge in [-0.1, -0.05) is 31.2 Å². The number of benzene rings is 2. The molecule has 2 amide bonds. The van der Waals surface area contributed by atoms with Gasteiger partial charge < -0.3 is 19.7 Å². The Labute approximate surface area is 189 Å². The van der Waals surface area contributed by atoms with Crippen LogP contribution in [0.25, 0.3) is 0 Å². The van der Waals surface area contributed by atoms with Gasteiger partial charge in [0.05, 0.1) is 20.0 Å². The number of nitrogens with zero attached hydrogens (tertiary/aromatic N) is 1. The van der Waals surface area contributed by atoms with Gasteiger partial charge >= 0.3 is 0 Å². The molecule has 6 nitrogen and oxygen atoms in total. The highest BCUT2D eigenvalue weighted by molar-refractivity contribution is 7.99. The third kappa shape index (κ3) is 7.83. The van der Waals surface area contributed by atoms with Crippen molar-refractivity contribution in [1.29, 1.82) is 0 Å². The maximum Gasteiger partial charge on any atom is 0.242 e. The molecule has 2 aromatic rings. The fraction of sp³-hybridized carbons (Fsp3) is 0.417. The number of ether oxygens (including phenoxy) is 2. The lowest BCUT2D eigenvalue weighted by atomic mass is 10.1. The molecular weight excluding hydrogens is 412 g/mol. The first-order chi connectivity index (χ1) is 15.0. The molecule has 2 aromatic carbocycles. The van der Waals surface area contributed by atoms with Gasteiger partial charge in [0.1, 0.15) is 17.5 Å². The lowest BCUT2D eigenvalue weighted by Crippen LogP contribution is -2.48. The van der Waals surface area contributed by atoms with Crippen molar-refractivity contribution in [2.45, 2.75) is 38.6 Å². The standard InChI is InChI=1S/C24H32N2O4S/c1-5-14-25-24(28)18(2)26(15-19-6-10-21(29-3)11-7-19)23(27)17-31-16-20-8-12-22(30-4)13-9-20/h6-13,18H,5,14-17H2,1-4H3,(H,25,28)/t18-/m0/s1. The van der Waals surface area contributed by atoms with E-state index in [0.29, 0.717) is 24.6 Å². The molecule has 0 bridgehead atoms. The van der Waals surface area contributed by atoms with Crippen LogP contribution in [0.4, 0.5) is 0 Å². The lowest BCUT2D eigenvalue weighted by molar-refractivity contribution is -0.138. The number of carbonyl (C=O) groups is 2. The van der Waals surface area contributed by atoms with Crippen molar-refractivity contribution in [3.05, 3.63) is 59.7 Å². The zero-order chi connectivity index (χ0) is 22.6. The molecule has 0 saturated carbocycles. The van der Waals surface area contributed by atoms with Crippen molar-refractivity contribution in [2.75, 3.05) is 26.5 Å². The van der Waals surface area contributed by atoms with Crippen molar-refractivity contribution in [3.8, 4) is 11.5 Å². The van der Waals surface area contributed by atoms with E-state index in [1.807, 2.05) is 55.5 Å². The van der Waals surface area contributed by atoms with Crippen LogP contribution in [0.5, 0.6) is 11.5 Å². The van der Waals surface area contributed by atoms with E-state index in [1.54, 1.807) is 26.0 Å². The summed E-state index contributed by atoms with van der Waals surface area (Å²) in [4.78, 5) is 27.3. The summed E-state index contributed by atoms with van der Waals surface area (Å²) in [6.07, 6.45) is 0.850. The molecule has 0 radical (unpaired) electrons. The molecule has 7 heteroatoms. The first kappa shape index (κ1) is 24.6. The second kappa shape index (κ2) is 12.9. The van der Waals surface area contributed by atoms with Crippen LogP contribution < -0.4 is 14.8 Å². The lowest BCUT2D eigenvalue weighted by Gasteiger charge is -2.28. The zero-order valence-corrected chi connectivity index (χ0v) is 19.5. The SMILES string of the molecule is CCCNC(=O)[C@H](C)N(Cc1ccc(OC)cc1)C(=O)CSCc1ccc(OC)cc1. The molecule has 0 aliphatic rings. The Hall–Kier alpha value is -2.67. The number of hydrogen-bond donors (Lipinski definition) is 1. The van der Waals surface area contributed by atoms with Gasteiger partial charge in [-0.3, -0.25) is 9.59 Å². The molecule has 0 fully saturated rings. The minimum absolute atomic E-state index is 0.0616. The Kier molecular flexibility index (Phi) is 10.2. The van der Waals surface area contributed by atoms with Crippen molar-refractivity contribution >= 4 is 23.6 Å². The van der Waals surface area contributed by atoms with Crippen LogP contribution in [0, 0.1) is 0 Å². The largest absolute Gasteiger partial charge is 0.497 e. The van der Waals surface area contributed by atoms with E-state index in [4.69, 9.17) is 9.47 Å². The number of thioether (sulfide) groups is 1. The van der Waals surface area contributed by atoms with Gasteiger partial charge in [0.2, 0.25) is 11.8 Å². The zero-order valence-electron chi connectivity index (χ0n) is 18.7. The third-order valence-corrected chi connectivity index (χ3v) is 5.87. The monoisotopic (exact) mass is 444 g/mol. The molecule has 168 valence electrons. The third-order valence-electron chi connectivity index (χ3n) is 4.88. The summed E-state index contributed by atoms with van der Waals surface area (Å²) >= 11 is 1.54. The van der Waals surface area contributed by atoms with E-state index < -0.39 is 6.04 Å². The van der Waals surface area contributed by atoms with Crippen LogP contribution in [0.15, 0.2) is 48.5 Å². The number of methoxy groups -OCH3 is 2. The van der Waals surface area contributed by atoms with E-state index in [2.05, 4.69) is 5.32 Å². The first-order valence-electron chi connectivity index (χ1n) is 10.4. The number of rotatable bonds is 12. The van der Waals surface area contributed by atoms with Crippen LogP contribution >= 0.6 is 11.8 Å². The van der Waals surface area contributed by atoms with Crippen molar-refractivity contribution < 1.29 is 19.1 Å². The van der Waals surface area contributed by atoms with E-state index in [0.717, 1.165) is 29.0 Å². The summed E-state index contributed by atoms with van der Waals surface area (Å²) in [5.74, 6) is 2.38. The summed E-state index contributed by atoms with van der Waals surface area (Å²) in [5, 5.41) is 2.89. The van der Waals surface area contributed by atoms with E-state index in [1.165, 1.54) is 11.8 Å². The molecule has 0 heterocycles. The summed E-state index contributed by atoms with van der Waals surface area (Å²) in [6.45, 7) is 4.74. The average molecular weight is 445 g/mol. The number of nitrogens with one attached hydrogen (secondary N) is 1. The summed E-state index contributed by atoms with van der Waals surface area (Å²) in [7, 11) is 3.25. The summed E-state index contributed by atoms with van der Waals surface area (Å²) in [6, 6.07) is 14.8. The quantitative estimate of drug-likeness (QED) is 0.538. The van der Waals surface area contributed by atoms with Crippen LogP contribution in [-0.2, 0) is 21.9 Å². The fourth-order valence-corrected chi connectivity index (χ4v) is 3.84. The number of carbonyl (C=O) groups excluding carboxylic acids is 2. The minimum Gasteiger partial charge on any atom is -0.497 e. The van der Waals surface area contributed by atoms with E-state index >= 15 is 0 Å². The molecule has 1 N–H and O–H groups in total. The van der Waals surface area contributed by atoms with Crippen LogP contribution in [0.3, 0.4) is 0 Å². The molecular formula is C24H32N2O4S. The van der Waals surface area contributed by atoms with Gasteiger partial charge in [0.25, 0.3) is 0 Å². The van der Waals surface area contributed by atoms with E-state index in [-0.39, 0.29) is 11.8 Å². The second-order valence-electron chi connectivity index (χ2n) is 7.18. The Morgan fingerprint density at radius 1 is 0.968 bits per heavy atom. The van der Waals surface area contributed by atoms with Crippen molar-refractivity contribution in [2.24, 2.45) is 0 Å². The Balaban J connectivity index is 2.03. The highest BCUT2D eigenvalue weighted by atomic mass is 32.2. The molecule has 0 aliphatic carbocycles. The Morgan fingerprint density at radius 2 is 1.52 bits per heavy atom. The molecule has 2 rings (SSSR count). The maximum absolute atomic E-state index is 13.1. The van der Waals surface area contributed by atoms with Gasteiger partial charge in [-0.25, -0.2) is 0 Å². The van der Waals surface area contributed by atoms with Gasteiger partial charge in [-0.05, 0) is 48.7 Å². The summed E-state index contributed by atoms with van der Waals surface area (Å²) in [5.41, 5.74) is 2.07. The van der Waals surface area contributed by atoms with Gasteiger partial charge in [0.15, 0.2) is 0 Å².